The van der Waals surface area contributed by atoms with E-state index in [2.05, 4.69) is 16.7 Å². The van der Waals surface area contributed by atoms with E-state index in [-0.39, 0.29) is 16.5 Å². The molecular formula is C14H25N3O3S. The molecule has 21 heavy (non-hydrogen) atoms. The Labute approximate surface area is 129 Å². The number of amides is 1. The number of thioether (sulfide) groups is 1. The third-order valence-corrected chi connectivity index (χ3v) is 6.32. The Hall–Kier alpha value is -0.950. The van der Waals surface area contributed by atoms with E-state index >= 15 is 0 Å². The number of hydrogen-bond donors (Lipinski definition) is 3. The first-order valence-electron chi connectivity index (χ1n) is 7.48. The quantitative estimate of drug-likeness (QED) is 0.308. The van der Waals surface area contributed by atoms with Crippen molar-refractivity contribution in [3.05, 3.63) is 0 Å². The Kier molecular flexibility index (Phi) is 5.37. The minimum atomic E-state index is -0.925. The molecule has 1 aliphatic carbocycles. The summed E-state index contributed by atoms with van der Waals surface area (Å²) in [4.78, 5) is 12.7. The lowest BCUT2D eigenvalue weighted by Gasteiger charge is -2.36. The molecule has 6 nitrogen and oxygen atoms in total. The SMILES string of the molecule is CSC1(CNC(=O)C2(C(N)=NO)CCOCC2)CCCC1. The molecule has 1 aliphatic heterocycles. The largest absolute Gasteiger partial charge is 0.409 e. The van der Waals surface area contributed by atoms with Crippen molar-refractivity contribution in [1.29, 1.82) is 0 Å². The average Bonchev–Trinajstić information content (AvgIpc) is 3.02. The van der Waals surface area contributed by atoms with Crippen molar-refractivity contribution in [2.45, 2.75) is 43.3 Å². The van der Waals surface area contributed by atoms with Crippen LogP contribution in [0.3, 0.4) is 0 Å². The molecule has 0 radical (unpaired) electrons. The number of hydrogen-bond acceptors (Lipinski definition) is 5. The lowest BCUT2D eigenvalue weighted by Crippen LogP contribution is -2.54. The number of nitrogens with zero attached hydrogens (tertiary/aromatic N) is 1. The Morgan fingerprint density at radius 2 is 1.95 bits per heavy atom. The highest BCUT2D eigenvalue weighted by molar-refractivity contribution is 8.00. The van der Waals surface area contributed by atoms with Crippen molar-refractivity contribution in [3.63, 3.8) is 0 Å². The van der Waals surface area contributed by atoms with Gasteiger partial charge in [0.25, 0.3) is 0 Å². The van der Waals surface area contributed by atoms with Crippen molar-refractivity contribution in [3.8, 4) is 0 Å². The molecule has 4 N–H and O–H groups in total. The average molecular weight is 315 g/mol. The van der Waals surface area contributed by atoms with Gasteiger partial charge < -0.3 is 21.0 Å². The highest BCUT2D eigenvalue weighted by Crippen LogP contribution is 2.40. The number of carbonyl (C=O) groups excluding carboxylic acids is 1. The molecular weight excluding hydrogens is 290 g/mol. The molecule has 0 aromatic heterocycles. The molecule has 120 valence electrons. The summed E-state index contributed by atoms with van der Waals surface area (Å²) in [6.07, 6.45) is 7.72. The van der Waals surface area contributed by atoms with Gasteiger partial charge in [0, 0.05) is 24.5 Å². The zero-order valence-electron chi connectivity index (χ0n) is 12.6. The van der Waals surface area contributed by atoms with Crippen molar-refractivity contribution in [2.75, 3.05) is 26.0 Å². The van der Waals surface area contributed by atoms with Crippen LogP contribution >= 0.6 is 11.8 Å². The van der Waals surface area contributed by atoms with Crippen LogP contribution in [-0.2, 0) is 9.53 Å². The van der Waals surface area contributed by atoms with Crippen LogP contribution in [0.25, 0.3) is 0 Å². The number of nitrogens with one attached hydrogen (secondary N) is 1. The predicted octanol–water partition coefficient (Wildman–Crippen LogP) is 1.32. The minimum Gasteiger partial charge on any atom is -0.409 e. The monoisotopic (exact) mass is 315 g/mol. The number of rotatable bonds is 5. The zero-order chi connectivity index (χ0) is 15.3. The summed E-state index contributed by atoms with van der Waals surface area (Å²) in [6, 6.07) is 0. The van der Waals surface area contributed by atoms with E-state index in [1.54, 1.807) is 0 Å². The second kappa shape index (κ2) is 6.87. The molecule has 0 unspecified atom stereocenters. The van der Waals surface area contributed by atoms with E-state index in [4.69, 9.17) is 15.7 Å². The van der Waals surface area contributed by atoms with Crippen molar-refractivity contribution in [1.82, 2.24) is 5.32 Å². The van der Waals surface area contributed by atoms with Gasteiger partial charge in [-0.15, -0.1) is 0 Å². The topological polar surface area (TPSA) is 96.9 Å². The van der Waals surface area contributed by atoms with Crippen LogP contribution in [0.1, 0.15) is 38.5 Å². The van der Waals surface area contributed by atoms with Gasteiger partial charge in [0.05, 0.1) is 0 Å². The number of carbonyl (C=O) groups is 1. The minimum absolute atomic E-state index is 0.00655. The van der Waals surface area contributed by atoms with Crippen LogP contribution in [-0.4, -0.2) is 47.7 Å². The van der Waals surface area contributed by atoms with E-state index in [1.807, 2.05) is 11.8 Å². The maximum Gasteiger partial charge on any atom is 0.234 e. The molecule has 1 heterocycles. The van der Waals surface area contributed by atoms with Gasteiger partial charge in [0.15, 0.2) is 5.84 Å². The fourth-order valence-electron chi connectivity index (χ4n) is 3.30. The molecule has 2 rings (SSSR count). The van der Waals surface area contributed by atoms with Crippen molar-refractivity contribution >= 4 is 23.5 Å². The van der Waals surface area contributed by atoms with E-state index in [9.17, 15) is 4.79 Å². The van der Waals surface area contributed by atoms with Crippen LogP contribution in [0.4, 0.5) is 0 Å². The summed E-state index contributed by atoms with van der Waals surface area (Å²) in [6.45, 7) is 1.56. The Bertz CT molecular complexity index is 402. The molecule has 1 saturated carbocycles. The van der Waals surface area contributed by atoms with Gasteiger partial charge in [-0.25, -0.2) is 0 Å². The van der Waals surface area contributed by atoms with Crippen LogP contribution < -0.4 is 11.1 Å². The zero-order valence-corrected chi connectivity index (χ0v) is 13.4. The normalized spacial score (nSPS) is 24.7. The summed E-state index contributed by atoms with van der Waals surface area (Å²) in [5, 5.41) is 15.2. The van der Waals surface area contributed by atoms with E-state index in [1.165, 1.54) is 12.8 Å². The van der Waals surface area contributed by atoms with Gasteiger partial charge in [-0.1, -0.05) is 18.0 Å². The van der Waals surface area contributed by atoms with E-state index in [0.29, 0.717) is 32.6 Å². The summed E-state index contributed by atoms with van der Waals surface area (Å²) in [5.74, 6) is -0.144. The maximum atomic E-state index is 12.7. The Morgan fingerprint density at radius 1 is 1.33 bits per heavy atom. The van der Waals surface area contributed by atoms with Crippen LogP contribution in [0.15, 0.2) is 5.16 Å². The molecule has 2 aliphatic rings. The fourth-order valence-corrected chi connectivity index (χ4v) is 4.21. The first-order valence-corrected chi connectivity index (χ1v) is 8.70. The van der Waals surface area contributed by atoms with Crippen molar-refractivity contribution in [2.24, 2.45) is 16.3 Å². The predicted molar refractivity (Wildman–Crippen MR) is 83.6 cm³/mol. The summed E-state index contributed by atoms with van der Waals surface area (Å²) < 4.78 is 5.46. The molecule has 1 amide bonds. The van der Waals surface area contributed by atoms with Gasteiger partial charge in [0.1, 0.15) is 5.41 Å². The van der Waals surface area contributed by atoms with Crippen molar-refractivity contribution < 1.29 is 14.7 Å². The van der Waals surface area contributed by atoms with Gasteiger partial charge >= 0.3 is 0 Å². The molecule has 0 bridgehead atoms. The third kappa shape index (κ3) is 3.29. The van der Waals surface area contributed by atoms with E-state index < -0.39 is 5.41 Å². The smallest absolute Gasteiger partial charge is 0.234 e. The number of ether oxygens (including phenoxy) is 1. The van der Waals surface area contributed by atoms with E-state index in [0.717, 1.165) is 12.8 Å². The number of oxime groups is 1. The standard InChI is InChI=1S/C14H25N3O3S/c1-21-13(4-2-3-5-13)10-16-12(18)14(11(15)17-19)6-8-20-9-7-14/h19H,2-10H2,1H3,(H2,15,17)(H,16,18). The second-order valence-electron chi connectivity index (χ2n) is 5.96. The Morgan fingerprint density at radius 3 is 2.48 bits per heavy atom. The second-order valence-corrected chi connectivity index (χ2v) is 7.23. The van der Waals surface area contributed by atoms with Crippen LogP contribution in [0, 0.1) is 5.41 Å². The highest BCUT2D eigenvalue weighted by Gasteiger charge is 2.45. The molecule has 0 atom stereocenters. The van der Waals surface area contributed by atoms with Gasteiger partial charge in [-0.2, -0.15) is 11.8 Å². The molecule has 0 spiro atoms. The lowest BCUT2D eigenvalue weighted by molar-refractivity contribution is -0.131. The third-order valence-electron chi connectivity index (χ3n) is 4.90. The lowest BCUT2D eigenvalue weighted by atomic mass is 9.78. The van der Waals surface area contributed by atoms with Crippen LogP contribution in [0.5, 0.6) is 0 Å². The summed E-state index contributed by atoms with van der Waals surface area (Å²) >= 11 is 1.83. The molecule has 1 saturated heterocycles. The number of amidine groups is 1. The first kappa shape index (κ1) is 16.4. The fraction of sp³-hybridized carbons (Fsp3) is 0.857. The molecule has 0 aromatic carbocycles. The first-order chi connectivity index (χ1) is 10.1. The van der Waals surface area contributed by atoms with Crippen LogP contribution in [0.2, 0.25) is 0 Å². The number of nitrogens with two attached hydrogens (primary N) is 1. The maximum absolute atomic E-state index is 12.7. The molecule has 0 aromatic rings. The van der Waals surface area contributed by atoms with Gasteiger partial charge in [-0.3, -0.25) is 4.79 Å². The Balaban J connectivity index is 2.05. The molecule has 2 fully saturated rings. The summed E-state index contributed by atoms with van der Waals surface area (Å²) in [7, 11) is 0. The van der Waals surface area contributed by atoms with Gasteiger partial charge in [-0.05, 0) is 31.9 Å². The highest BCUT2D eigenvalue weighted by atomic mass is 32.2. The summed E-state index contributed by atoms with van der Waals surface area (Å²) in [5.41, 5.74) is 4.89. The molecule has 7 heteroatoms. The van der Waals surface area contributed by atoms with Gasteiger partial charge in [0.2, 0.25) is 5.91 Å².